The molecular weight excluding hydrogens is 469 g/mol. The zero-order valence-electron chi connectivity index (χ0n) is 19.8. The second kappa shape index (κ2) is 10.7. The van der Waals surface area contributed by atoms with Crippen molar-refractivity contribution in [1.82, 2.24) is 5.32 Å². The molecule has 35 heavy (non-hydrogen) atoms. The maximum absolute atomic E-state index is 13.2. The quantitative estimate of drug-likeness (QED) is 0.595. The lowest BCUT2D eigenvalue weighted by Crippen LogP contribution is -2.46. The summed E-state index contributed by atoms with van der Waals surface area (Å²) in [5.74, 6) is -0.455. The Balaban J connectivity index is 1.84. The normalized spacial score (nSPS) is 17.3. The summed E-state index contributed by atoms with van der Waals surface area (Å²) >= 11 is 0. The molecule has 0 bridgehead atoms. The van der Waals surface area contributed by atoms with Gasteiger partial charge in [0.25, 0.3) is 0 Å². The Morgan fingerprint density at radius 3 is 2.29 bits per heavy atom. The van der Waals surface area contributed by atoms with E-state index in [-0.39, 0.29) is 30.9 Å². The molecule has 3 rings (SSSR count). The smallest absolute Gasteiger partial charge is 0.493 e. The Morgan fingerprint density at radius 2 is 1.71 bits per heavy atom. The number of anilines is 1. The van der Waals surface area contributed by atoms with Crippen LogP contribution in [0.1, 0.15) is 37.3 Å². The van der Waals surface area contributed by atoms with Crippen molar-refractivity contribution in [2.45, 2.75) is 45.1 Å². The number of amides is 2. The van der Waals surface area contributed by atoms with E-state index < -0.39 is 18.4 Å². The van der Waals surface area contributed by atoms with E-state index in [0.717, 1.165) is 0 Å². The first-order chi connectivity index (χ1) is 16.6. The largest absolute Gasteiger partial charge is 0.573 e. The van der Waals surface area contributed by atoms with E-state index in [1.807, 2.05) is 6.92 Å². The summed E-state index contributed by atoms with van der Waals surface area (Å²) in [5.41, 5.74) is 1.64. The topological polar surface area (TPSA) is 86.3 Å². The molecule has 2 amide bonds. The SMILES string of the molecule is CCOC(=O)N1c2cc(OC)c(OC)cc2C(C(=O)NCc2ccc(OC(F)(F)F)cc2)CC1C. The number of hydrogen-bond donors (Lipinski definition) is 1. The predicted octanol–water partition coefficient (Wildman–Crippen LogP) is 4.76. The van der Waals surface area contributed by atoms with Crippen LogP contribution in [0.15, 0.2) is 36.4 Å². The average molecular weight is 496 g/mol. The minimum absolute atomic E-state index is 0.0974. The zero-order chi connectivity index (χ0) is 25.8. The Labute approximate surface area is 200 Å². The number of halogens is 3. The first-order valence-electron chi connectivity index (χ1n) is 10.9. The molecule has 2 aromatic rings. The van der Waals surface area contributed by atoms with Crippen LogP contribution in [0, 0.1) is 0 Å². The fourth-order valence-electron chi connectivity index (χ4n) is 4.02. The molecule has 0 saturated carbocycles. The van der Waals surface area contributed by atoms with Gasteiger partial charge in [0.15, 0.2) is 11.5 Å². The van der Waals surface area contributed by atoms with Crippen LogP contribution in [-0.4, -0.2) is 45.2 Å². The number of fused-ring (bicyclic) bond motifs is 1. The number of alkyl halides is 3. The highest BCUT2D eigenvalue weighted by Crippen LogP contribution is 2.44. The van der Waals surface area contributed by atoms with E-state index >= 15 is 0 Å². The summed E-state index contributed by atoms with van der Waals surface area (Å²) in [6, 6.07) is 8.20. The highest BCUT2D eigenvalue weighted by molar-refractivity contribution is 5.95. The van der Waals surface area contributed by atoms with Crippen LogP contribution in [0.2, 0.25) is 0 Å². The van der Waals surface area contributed by atoms with Gasteiger partial charge in [-0.25, -0.2) is 4.79 Å². The molecule has 2 aromatic carbocycles. The van der Waals surface area contributed by atoms with E-state index in [2.05, 4.69) is 10.1 Å². The Bertz CT molecular complexity index is 1060. The van der Waals surface area contributed by atoms with E-state index in [0.29, 0.717) is 34.7 Å². The van der Waals surface area contributed by atoms with Gasteiger partial charge in [-0.1, -0.05) is 12.1 Å². The molecule has 0 radical (unpaired) electrons. The molecule has 1 heterocycles. The van der Waals surface area contributed by atoms with Crippen LogP contribution in [-0.2, 0) is 16.1 Å². The molecule has 0 aromatic heterocycles. The van der Waals surface area contributed by atoms with Crippen molar-refractivity contribution >= 4 is 17.7 Å². The minimum atomic E-state index is -4.78. The van der Waals surface area contributed by atoms with Crippen LogP contribution in [0.25, 0.3) is 0 Å². The molecule has 2 atom stereocenters. The highest BCUT2D eigenvalue weighted by atomic mass is 19.4. The van der Waals surface area contributed by atoms with Crippen molar-refractivity contribution in [3.05, 3.63) is 47.5 Å². The Hall–Kier alpha value is -3.63. The molecule has 1 aliphatic rings. The molecule has 1 aliphatic heterocycles. The molecule has 2 unspecified atom stereocenters. The lowest BCUT2D eigenvalue weighted by atomic mass is 9.85. The maximum atomic E-state index is 13.2. The van der Waals surface area contributed by atoms with Gasteiger partial charge < -0.3 is 24.3 Å². The molecule has 0 aliphatic carbocycles. The van der Waals surface area contributed by atoms with Gasteiger partial charge in [-0.05, 0) is 49.6 Å². The first-order valence-corrected chi connectivity index (χ1v) is 10.9. The minimum Gasteiger partial charge on any atom is -0.493 e. The number of carbonyl (C=O) groups is 2. The maximum Gasteiger partial charge on any atom is 0.573 e. The molecule has 190 valence electrons. The van der Waals surface area contributed by atoms with Crippen molar-refractivity contribution in [2.75, 3.05) is 25.7 Å². The number of benzene rings is 2. The average Bonchev–Trinajstić information content (AvgIpc) is 2.81. The third-order valence-electron chi connectivity index (χ3n) is 5.59. The third-order valence-corrected chi connectivity index (χ3v) is 5.59. The number of methoxy groups -OCH3 is 2. The van der Waals surface area contributed by atoms with Crippen LogP contribution in [0.3, 0.4) is 0 Å². The van der Waals surface area contributed by atoms with E-state index in [9.17, 15) is 22.8 Å². The lowest BCUT2D eigenvalue weighted by molar-refractivity contribution is -0.274. The standard InChI is InChI=1S/C24H27F3N2O6/c1-5-34-23(31)29-14(2)10-18(17-11-20(32-3)21(33-4)12-19(17)29)22(30)28-13-15-6-8-16(9-7-15)35-24(25,26)27/h6-9,11-12,14,18H,5,10,13H2,1-4H3,(H,28,30). The van der Waals surface area contributed by atoms with Crippen molar-refractivity contribution in [2.24, 2.45) is 0 Å². The van der Waals surface area contributed by atoms with Crippen molar-refractivity contribution < 1.29 is 41.7 Å². The summed E-state index contributed by atoms with van der Waals surface area (Å²) in [5, 5.41) is 2.82. The predicted molar refractivity (Wildman–Crippen MR) is 121 cm³/mol. The molecule has 0 fully saturated rings. The van der Waals surface area contributed by atoms with Crippen LogP contribution in [0.5, 0.6) is 17.2 Å². The first kappa shape index (κ1) is 26.0. The van der Waals surface area contributed by atoms with Crippen LogP contribution >= 0.6 is 0 Å². The van der Waals surface area contributed by atoms with E-state index in [1.165, 1.54) is 43.4 Å². The third kappa shape index (κ3) is 6.09. The molecule has 11 heteroatoms. The van der Waals surface area contributed by atoms with Crippen LogP contribution < -0.4 is 24.4 Å². The van der Waals surface area contributed by atoms with Gasteiger partial charge in [-0.15, -0.1) is 13.2 Å². The summed E-state index contributed by atoms with van der Waals surface area (Å²) < 4.78 is 56.9. The fourth-order valence-corrected chi connectivity index (χ4v) is 4.02. The van der Waals surface area contributed by atoms with E-state index in [4.69, 9.17) is 14.2 Å². The molecule has 1 N–H and O–H groups in total. The van der Waals surface area contributed by atoms with Gasteiger partial charge in [0.2, 0.25) is 5.91 Å². The monoisotopic (exact) mass is 496 g/mol. The fraction of sp³-hybridized carbons (Fsp3) is 0.417. The second-order valence-corrected chi connectivity index (χ2v) is 7.88. The number of ether oxygens (including phenoxy) is 4. The van der Waals surface area contributed by atoms with Crippen molar-refractivity contribution in [1.29, 1.82) is 0 Å². The van der Waals surface area contributed by atoms with Gasteiger partial charge in [-0.2, -0.15) is 0 Å². The summed E-state index contributed by atoms with van der Waals surface area (Å²) in [6.45, 7) is 3.82. The summed E-state index contributed by atoms with van der Waals surface area (Å²) in [6.07, 6.45) is -4.98. The molecular formula is C24H27F3N2O6. The highest BCUT2D eigenvalue weighted by Gasteiger charge is 2.39. The van der Waals surface area contributed by atoms with Crippen molar-refractivity contribution in [3.63, 3.8) is 0 Å². The lowest BCUT2D eigenvalue weighted by Gasteiger charge is -2.38. The summed E-state index contributed by atoms with van der Waals surface area (Å²) in [7, 11) is 2.94. The van der Waals surface area contributed by atoms with Crippen molar-refractivity contribution in [3.8, 4) is 17.2 Å². The van der Waals surface area contributed by atoms with E-state index in [1.54, 1.807) is 19.1 Å². The Morgan fingerprint density at radius 1 is 1.09 bits per heavy atom. The van der Waals surface area contributed by atoms with Gasteiger partial charge in [0.1, 0.15) is 5.75 Å². The number of rotatable bonds is 7. The number of carbonyl (C=O) groups excluding carboxylic acids is 2. The van der Waals surface area contributed by atoms with Gasteiger partial charge in [-0.3, -0.25) is 9.69 Å². The number of nitrogens with zero attached hydrogens (tertiary/aromatic N) is 1. The molecule has 0 spiro atoms. The molecule has 0 saturated heterocycles. The summed E-state index contributed by atoms with van der Waals surface area (Å²) in [4.78, 5) is 27.4. The second-order valence-electron chi connectivity index (χ2n) is 7.88. The zero-order valence-corrected chi connectivity index (χ0v) is 19.8. The van der Waals surface area contributed by atoms with Gasteiger partial charge in [0, 0.05) is 18.7 Å². The molecule has 8 nitrogen and oxygen atoms in total. The Kier molecular flexibility index (Phi) is 7.98. The number of hydrogen-bond acceptors (Lipinski definition) is 6. The van der Waals surface area contributed by atoms with Crippen LogP contribution in [0.4, 0.5) is 23.7 Å². The number of nitrogens with one attached hydrogen (secondary N) is 1. The van der Waals surface area contributed by atoms with Gasteiger partial charge in [0.05, 0.1) is 32.4 Å². The van der Waals surface area contributed by atoms with Gasteiger partial charge >= 0.3 is 12.5 Å².